The summed E-state index contributed by atoms with van der Waals surface area (Å²) < 4.78 is 11.5. The molecule has 25 heavy (non-hydrogen) atoms. The number of pyridine rings is 1. The molecule has 0 amide bonds. The first kappa shape index (κ1) is 16.8. The van der Waals surface area contributed by atoms with E-state index < -0.39 is 0 Å². The van der Waals surface area contributed by atoms with Gasteiger partial charge in [0.15, 0.2) is 0 Å². The maximum absolute atomic E-state index is 6.33. The Morgan fingerprint density at radius 2 is 2.16 bits per heavy atom. The quantitative estimate of drug-likeness (QED) is 0.836. The second-order valence-electron chi connectivity index (χ2n) is 7.54. The molecule has 2 fully saturated rings. The van der Waals surface area contributed by atoms with Crippen LogP contribution in [0, 0.1) is 0 Å². The van der Waals surface area contributed by atoms with Crippen LogP contribution in [0.2, 0.25) is 0 Å². The van der Waals surface area contributed by atoms with Crippen molar-refractivity contribution in [3.63, 3.8) is 0 Å². The number of hydrogen-bond acceptors (Lipinski definition) is 5. The Hall–Kier alpha value is -1.69. The first-order valence-corrected chi connectivity index (χ1v) is 9.19. The largest absolute Gasteiger partial charge is 0.472 e. The Bertz CT molecular complexity index is 651. The van der Waals surface area contributed by atoms with Crippen LogP contribution < -0.4 is 0 Å². The third-order valence-electron chi connectivity index (χ3n) is 5.72. The van der Waals surface area contributed by atoms with Crippen molar-refractivity contribution in [1.82, 2.24) is 14.8 Å². The lowest BCUT2D eigenvalue weighted by Crippen LogP contribution is -2.44. The number of furan rings is 1. The van der Waals surface area contributed by atoms with Gasteiger partial charge in [-0.25, -0.2) is 0 Å². The highest BCUT2D eigenvalue weighted by atomic mass is 16.5. The van der Waals surface area contributed by atoms with Crippen molar-refractivity contribution < 1.29 is 9.15 Å². The van der Waals surface area contributed by atoms with Gasteiger partial charge in [-0.05, 0) is 44.0 Å². The molecule has 1 atom stereocenters. The number of aromatic nitrogens is 1. The van der Waals surface area contributed by atoms with Crippen LogP contribution in [0.3, 0.4) is 0 Å². The summed E-state index contributed by atoms with van der Waals surface area (Å²) in [6.45, 7) is 4.97. The molecule has 2 aliphatic heterocycles. The zero-order valence-corrected chi connectivity index (χ0v) is 14.9. The van der Waals surface area contributed by atoms with Crippen LogP contribution in [-0.4, -0.2) is 53.2 Å². The predicted molar refractivity (Wildman–Crippen MR) is 96.0 cm³/mol. The maximum Gasteiger partial charge on any atom is 0.0947 e. The summed E-state index contributed by atoms with van der Waals surface area (Å²) in [5.74, 6) is 0. The molecule has 5 heteroatoms. The van der Waals surface area contributed by atoms with E-state index in [-0.39, 0.29) is 5.60 Å². The van der Waals surface area contributed by atoms with Crippen molar-refractivity contribution in [1.29, 1.82) is 0 Å². The third-order valence-corrected chi connectivity index (χ3v) is 5.72. The van der Waals surface area contributed by atoms with Gasteiger partial charge in [0.1, 0.15) is 0 Å². The molecule has 4 heterocycles. The molecule has 1 unspecified atom stereocenters. The number of likely N-dealkylation sites (N-methyl/N-ethyl adjacent to an activating group) is 1. The maximum atomic E-state index is 6.33. The Morgan fingerprint density at radius 1 is 1.28 bits per heavy atom. The van der Waals surface area contributed by atoms with Gasteiger partial charge in [0.25, 0.3) is 0 Å². The van der Waals surface area contributed by atoms with Crippen LogP contribution in [-0.2, 0) is 17.8 Å². The number of likely N-dealkylation sites (tertiary alicyclic amines) is 1. The van der Waals surface area contributed by atoms with Crippen LogP contribution in [0.5, 0.6) is 0 Å². The first-order chi connectivity index (χ1) is 12.2. The fraction of sp³-hybridized carbons (Fsp3) is 0.550. The van der Waals surface area contributed by atoms with E-state index in [2.05, 4.69) is 34.0 Å². The van der Waals surface area contributed by atoms with Crippen LogP contribution in [0.25, 0.3) is 0 Å². The summed E-state index contributed by atoms with van der Waals surface area (Å²) in [4.78, 5) is 9.14. The second kappa shape index (κ2) is 7.28. The van der Waals surface area contributed by atoms with Crippen molar-refractivity contribution in [3.05, 3.63) is 54.2 Å². The molecule has 0 aromatic carbocycles. The standard InChI is InChI=1S/C20H27N3O2/c1-22(13-17-3-2-7-21-12-17)19-11-20(25-16-19)5-8-23(9-6-20)14-18-4-10-24-15-18/h2-4,7,10,12,15,19H,5-6,8-9,11,13-14,16H2,1H3. The van der Waals surface area contributed by atoms with Gasteiger partial charge in [0.05, 0.1) is 24.7 Å². The highest BCUT2D eigenvalue weighted by Crippen LogP contribution is 2.38. The Morgan fingerprint density at radius 3 is 2.88 bits per heavy atom. The smallest absolute Gasteiger partial charge is 0.0947 e. The molecular formula is C20H27N3O2. The third kappa shape index (κ3) is 3.94. The molecule has 4 rings (SSSR count). The molecule has 134 valence electrons. The molecule has 1 spiro atoms. The molecule has 0 saturated carbocycles. The minimum atomic E-state index is 0.0841. The molecule has 0 aliphatic carbocycles. The van der Waals surface area contributed by atoms with E-state index in [0.717, 1.165) is 52.0 Å². The highest BCUT2D eigenvalue weighted by Gasteiger charge is 2.43. The van der Waals surface area contributed by atoms with Crippen LogP contribution in [0.1, 0.15) is 30.4 Å². The van der Waals surface area contributed by atoms with E-state index in [9.17, 15) is 0 Å². The van der Waals surface area contributed by atoms with E-state index in [1.54, 1.807) is 6.26 Å². The molecule has 0 N–H and O–H groups in total. The van der Waals surface area contributed by atoms with Gasteiger partial charge < -0.3 is 9.15 Å². The summed E-state index contributed by atoms with van der Waals surface area (Å²) in [6.07, 6.45) is 10.8. The average Bonchev–Trinajstić information content (AvgIpc) is 3.29. The lowest BCUT2D eigenvalue weighted by Gasteiger charge is -2.38. The Labute approximate surface area is 149 Å². The fourth-order valence-electron chi connectivity index (χ4n) is 4.12. The van der Waals surface area contributed by atoms with Crippen molar-refractivity contribution in [2.24, 2.45) is 0 Å². The van der Waals surface area contributed by atoms with Crippen molar-refractivity contribution in [3.8, 4) is 0 Å². The van der Waals surface area contributed by atoms with Gasteiger partial charge in [-0.3, -0.25) is 14.8 Å². The molecule has 2 aliphatic rings. The summed E-state index contributed by atoms with van der Waals surface area (Å²) >= 11 is 0. The van der Waals surface area contributed by atoms with E-state index in [0.29, 0.717) is 6.04 Å². The van der Waals surface area contributed by atoms with Gasteiger partial charge in [-0.15, -0.1) is 0 Å². The van der Waals surface area contributed by atoms with Gasteiger partial charge in [0, 0.05) is 50.2 Å². The minimum Gasteiger partial charge on any atom is -0.472 e. The van der Waals surface area contributed by atoms with Gasteiger partial charge in [-0.2, -0.15) is 0 Å². The number of piperidine rings is 1. The summed E-state index contributed by atoms with van der Waals surface area (Å²) in [5.41, 5.74) is 2.61. The van der Waals surface area contributed by atoms with Crippen molar-refractivity contribution in [2.45, 2.75) is 44.0 Å². The van der Waals surface area contributed by atoms with Crippen LogP contribution >= 0.6 is 0 Å². The van der Waals surface area contributed by atoms with Crippen molar-refractivity contribution >= 4 is 0 Å². The molecule has 2 saturated heterocycles. The van der Waals surface area contributed by atoms with E-state index in [4.69, 9.17) is 9.15 Å². The predicted octanol–water partition coefficient (Wildman–Crippen LogP) is 2.93. The fourth-order valence-corrected chi connectivity index (χ4v) is 4.12. The summed E-state index contributed by atoms with van der Waals surface area (Å²) in [6, 6.07) is 6.70. The van der Waals surface area contributed by atoms with E-state index >= 15 is 0 Å². The monoisotopic (exact) mass is 341 g/mol. The first-order valence-electron chi connectivity index (χ1n) is 9.19. The topological polar surface area (TPSA) is 41.7 Å². The molecule has 0 bridgehead atoms. The number of ether oxygens (including phenoxy) is 1. The molecular weight excluding hydrogens is 314 g/mol. The minimum absolute atomic E-state index is 0.0841. The molecule has 0 radical (unpaired) electrons. The normalized spacial score (nSPS) is 23.5. The van der Waals surface area contributed by atoms with Gasteiger partial charge in [-0.1, -0.05) is 6.07 Å². The highest BCUT2D eigenvalue weighted by molar-refractivity contribution is 5.09. The zero-order valence-electron chi connectivity index (χ0n) is 14.9. The number of hydrogen-bond donors (Lipinski definition) is 0. The van der Waals surface area contributed by atoms with Crippen molar-refractivity contribution in [2.75, 3.05) is 26.7 Å². The van der Waals surface area contributed by atoms with E-state index in [1.807, 2.05) is 24.7 Å². The number of rotatable bonds is 5. The second-order valence-corrected chi connectivity index (χ2v) is 7.54. The van der Waals surface area contributed by atoms with E-state index in [1.165, 1.54) is 11.1 Å². The number of nitrogens with zero attached hydrogens (tertiary/aromatic N) is 3. The van der Waals surface area contributed by atoms with Crippen LogP contribution in [0.15, 0.2) is 47.5 Å². The van der Waals surface area contributed by atoms with Gasteiger partial charge in [0.2, 0.25) is 0 Å². The average molecular weight is 341 g/mol. The van der Waals surface area contributed by atoms with Crippen LogP contribution in [0.4, 0.5) is 0 Å². The zero-order chi connectivity index (χ0) is 17.1. The molecule has 2 aromatic heterocycles. The van der Waals surface area contributed by atoms with Gasteiger partial charge >= 0.3 is 0 Å². The lowest BCUT2D eigenvalue weighted by molar-refractivity contribution is -0.0452. The Balaban J connectivity index is 1.28. The summed E-state index contributed by atoms with van der Waals surface area (Å²) in [5, 5.41) is 0. The molecule has 2 aromatic rings. The SMILES string of the molecule is CN(Cc1cccnc1)C1COC2(CCN(Cc3ccoc3)CC2)C1. The summed E-state index contributed by atoms with van der Waals surface area (Å²) in [7, 11) is 2.20. The Kier molecular flexibility index (Phi) is 4.88. The molecule has 5 nitrogen and oxygen atoms in total. The lowest BCUT2D eigenvalue weighted by atomic mass is 9.87.